The molecule has 1 N–H and O–H groups in total. The Hall–Kier alpha value is -2.45. The number of amides is 2. The minimum atomic E-state index is -0.300. The van der Waals surface area contributed by atoms with Crippen molar-refractivity contribution in [3.8, 4) is 0 Å². The standard InChI is InChI=1S/C16H15N3O2/c1-17-14(11-6-8-18-9-7-11)10-19-15(20)12-4-2-3-5-13(12)16(19)21/h2-5,18H,6-10H2. The van der Waals surface area contributed by atoms with Crippen LogP contribution in [-0.2, 0) is 0 Å². The van der Waals surface area contributed by atoms with Gasteiger partial charge in [-0.3, -0.25) is 14.5 Å². The number of nitrogens with zero attached hydrogens (tertiary/aromatic N) is 2. The number of hydrogen-bond donors (Lipinski definition) is 1. The predicted molar refractivity (Wildman–Crippen MR) is 77.5 cm³/mol. The summed E-state index contributed by atoms with van der Waals surface area (Å²) in [6.07, 6.45) is 1.61. The highest BCUT2D eigenvalue weighted by atomic mass is 16.2. The van der Waals surface area contributed by atoms with Crippen molar-refractivity contribution < 1.29 is 9.59 Å². The fraction of sp³-hybridized carbons (Fsp3) is 0.312. The van der Waals surface area contributed by atoms with E-state index in [0.29, 0.717) is 16.8 Å². The Kier molecular flexibility index (Phi) is 3.55. The first kappa shape index (κ1) is 13.5. The summed E-state index contributed by atoms with van der Waals surface area (Å²) >= 11 is 0. The molecule has 0 spiro atoms. The van der Waals surface area contributed by atoms with Gasteiger partial charge in [0, 0.05) is 0 Å². The van der Waals surface area contributed by atoms with Crippen molar-refractivity contribution in [1.29, 1.82) is 0 Å². The Morgan fingerprint density at radius 2 is 1.71 bits per heavy atom. The Balaban J connectivity index is 1.88. The van der Waals surface area contributed by atoms with Gasteiger partial charge in [-0.15, -0.1) is 0 Å². The van der Waals surface area contributed by atoms with E-state index in [0.717, 1.165) is 31.5 Å². The highest BCUT2D eigenvalue weighted by Gasteiger charge is 2.35. The number of fused-ring (bicyclic) bond motifs is 1. The predicted octanol–water partition coefficient (Wildman–Crippen LogP) is 1.84. The first-order valence-electron chi connectivity index (χ1n) is 6.96. The zero-order valence-corrected chi connectivity index (χ0v) is 11.6. The van der Waals surface area contributed by atoms with Crippen LogP contribution in [0.3, 0.4) is 0 Å². The molecule has 0 atom stereocenters. The fourth-order valence-electron chi connectivity index (χ4n) is 2.78. The molecule has 1 aromatic carbocycles. The molecule has 21 heavy (non-hydrogen) atoms. The molecule has 3 rings (SSSR count). The molecule has 0 aliphatic carbocycles. The van der Waals surface area contributed by atoms with Gasteiger partial charge in [0.1, 0.15) is 0 Å². The Morgan fingerprint density at radius 3 is 2.24 bits per heavy atom. The lowest BCUT2D eigenvalue weighted by atomic mass is 10.0. The molecule has 1 aromatic rings. The highest BCUT2D eigenvalue weighted by Crippen LogP contribution is 2.25. The fourth-order valence-corrected chi connectivity index (χ4v) is 2.78. The van der Waals surface area contributed by atoms with E-state index in [1.165, 1.54) is 4.90 Å². The smallest absolute Gasteiger partial charge is 0.260 e. The maximum Gasteiger partial charge on any atom is 0.260 e. The van der Waals surface area contributed by atoms with E-state index in [1.54, 1.807) is 24.3 Å². The minimum Gasteiger partial charge on any atom is -0.316 e. The number of hydrogen-bond acceptors (Lipinski definition) is 3. The normalized spacial score (nSPS) is 17.7. The maximum absolute atomic E-state index is 12.3. The summed E-state index contributed by atoms with van der Waals surface area (Å²) in [5.41, 5.74) is 2.45. The van der Waals surface area contributed by atoms with E-state index in [1.807, 2.05) is 0 Å². The SMILES string of the molecule is [C-]#[N+]C(CN1C(=O)c2ccccc2C1=O)=C1CCNCC1. The highest BCUT2D eigenvalue weighted by molar-refractivity contribution is 6.21. The molecule has 2 aliphatic heterocycles. The van der Waals surface area contributed by atoms with Crippen LogP contribution in [0.4, 0.5) is 0 Å². The van der Waals surface area contributed by atoms with Crippen molar-refractivity contribution in [3.63, 3.8) is 0 Å². The Morgan fingerprint density at radius 1 is 1.14 bits per heavy atom. The number of piperidine rings is 1. The summed E-state index contributed by atoms with van der Waals surface area (Å²) in [6, 6.07) is 6.80. The summed E-state index contributed by atoms with van der Waals surface area (Å²) in [6.45, 7) is 9.13. The lowest BCUT2D eigenvalue weighted by Crippen LogP contribution is -2.32. The average Bonchev–Trinajstić information content (AvgIpc) is 2.78. The largest absolute Gasteiger partial charge is 0.316 e. The number of carbonyl (C=O) groups is 2. The number of benzene rings is 1. The van der Waals surface area contributed by atoms with Crippen LogP contribution in [0.1, 0.15) is 33.6 Å². The van der Waals surface area contributed by atoms with Crippen molar-refractivity contribution in [1.82, 2.24) is 10.2 Å². The number of nitrogens with one attached hydrogen (secondary N) is 1. The van der Waals surface area contributed by atoms with Gasteiger partial charge in [-0.1, -0.05) is 17.7 Å². The van der Waals surface area contributed by atoms with E-state index in [-0.39, 0.29) is 18.4 Å². The lowest BCUT2D eigenvalue weighted by molar-refractivity contribution is 0.0668. The van der Waals surface area contributed by atoms with E-state index in [9.17, 15) is 9.59 Å². The molecule has 0 radical (unpaired) electrons. The number of rotatable bonds is 2. The molecular formula is C16H15N3O2. The van der Waals surface area contributed by atoms with Crippen LogP contribution in [0, 0.1) is 6.57 Å². The third-order valence-electron chi connectivity index (χ3n) is 3.94. The first-order chi connectivity index (χ1) is 10.2. The van der Waals surface area contributed by atoms with Gasteiger partial charge in [-0.05, 0) is 38.1 Å². The molecule has 1 saturated heterocycles. The van der Waals surface area contributed by atoms with Gasteiger partial charge in [-0.2, -0.15) is 0 Å². The minimum absolute atomic E-state index is 0.0885. The summed E-state index contributed by atoms with van der Waals surface area (Å²) in [5, 5.41) is 3.23. The molecule has 106 valence electrons. The average molecular weight is 281 g/mol. The lowest BCUT2D eigenvalue weighted by Gasteiger charge is -2.20. The molecule has 0 saturated carbocycles. The molecule has 1 fully saturated rings. The van der Waals surface area contributed by atoms with Crippen LogP contribution in [-0.4, -0.2) is 36.3 Å². The van der Waals surface area contributed by atoms with Crippen molar-refractivity contribution in [2.45, 2.75) is 12.8 Å². The first-order valence-corrected chi connectivity index (χ1v) is 6.96. The van der Waals surface area contributed by atoms with Gasteiger partial charge in [0.25, 0.3) is 11.8 Å². The molecule has 2 aliphatic rings. The second kappa shape index (κ2) is 5.51. The molecule has 2 heterocycles. The van der Waals surface area contributed by atoms with Crippen LogP contribution >= 0.6 is 0 Å². The zero-order chi connectivity index (χ0) is 14.8. The summed E-state index contributed by atoms with van der Waals surface area (Å²) in [4.78, 5) is 29.4. The van der Waals surface area contributed by atoms with E-state index >= 15 is 0 Å². The topological polar surface area (TPSA) is 53.8 Å². The second-order valence-corrected chi connectivity index (χ2v) is 5.15. The van der Waals surface area contributed by atoms with Crippen LogP contribution in [0.2, 0.25) is 0 Å². The van der Waals surface area contributed by atoms with E-state index < -0.39 is 0 Å². The van der Waals surface area contributed by atoms with Gasteiger partial charge >= 0.3 is 0 Å². The third-order valence-corrected chi connectivity index (χ3v) is 3.94. The maximum atomic E-state index is 12.3. The van der Waals surface area contributed by atoms with Gasteiger partial charge in [-0.25, -0.2) is 4.85 Å². The van der Waals surface area contributed by atoms with Gasteiger partial charge in [0.05, 0.1) is 24.2 Å². The van der Waals surface area contributed by atoms with Crippen molar-refractivity contribution in [2.75, 3.05) is 19.6 Å². The summed E-state index contributed by atoms with van der Waals surface area (Å²) < 4.78 is 0. The molecule has 0 unspecified atom stereocenters. The van der Waals surface area contributed by atoms with Gasteiger partial charge in [0.15, 0.2) is 5.70 Å². The van der Waals surface area contributed by atoms with Crippen molar-refractivity contribution in [3.05, 3.63) is 58.1 Å². The van der Waals surface area contributed by atoms with Gasteiger partial charge in [0.2, 0.25) is 0 Å². The zero-order valence-electron chi connectivity index (χ0n) is 11.6. The molecule has 5 heteroatoms. The van der Waals surface area contributed by atoms with E-state index in [4.69, 9.17) is 6.57 Å². The molecular weight excluding hydrogens is 266 g/mol. The van der Waals surface area contributed by atoms with Crippen molar-refractivity contribution in [2.24, 2.45) is 0 Å². The molecule has 0 aromatic heterocycles. The molecule has 2 amide bonds. The number of carbonyl (C=O) groups excluding carboxylic acids is 2. The van der Waals surface area contributed by atoms with E-state index in [2.05, 4.69) is 10.2 Å². The monoisotopic (exact) mass is 281 g/mol. The summed E-state index contributed by atoms with van der Waals surface area (Å²) in [5.74, 6) is -0.599. The van der Waals surface area contributed by atoms with Crippen molar-refractivity contribution >= 4 is 11.8 Å². The third kappa shape index (κ3) is 2.34. The Bertz CT molecular complexity index is 642. The quantitative estimate of drug-likeness (QED) is 0.665. The van der Waals surface area contributed by atoms with Crippen LogP contribution < -0.4 is 5.32 Å². The Labute approximate surface area is 123 Å². The number of imide groups is 1. The van der Waals surface area contributed by atoms with Crippen LogP contribution in [0.25, 0.3) is 4.85 Å². The molecule has 0 bridgehead atoms. The molecule has 5 nitrogen and oxygen atoms in total. The van der Waals surface area contributed by atoms with Crippen LogP contribution in [0.5, 0.6) is 0 Å². The van der Waals surface area contributed by atoms with Crippen LogP contribution in [0.15, 0.2) is 35.5 Å². The second-order valence-electron chi connectivity index (χ2n) is 5.15. The van der Waals surface area contributed by atoms with Gasteiger partial charge < -0.3 is 5.32 Å². The summed E-state index contributed by atoms with van der Waals surface area (Å²) in [7, 11) is 0.